The van der Waals surface area contributed by atoms with Crippen molar-refractivity contribution in [1.82, 2.24) is 0 Å². The molecule has 1 fully saturated rings. The highest BCUT2D eigenvalue weighted by molar-refractivity contribution is 5.26. The van der Waals surface area contributed by atoms with Crippen LogP contribution in [-0.2, 0) is 17.5 Å². The van der Waals surface area contributed by atoms with Crippen molar-refractivity contribution < 1.29 is 31.1 Å². The highest BCUT2D eigenvalue weighted by Gasteiger charge is 2.36. The number of rotatable bonds is 6. The second kappa shape index (κ2) is 8.46. The van der Waals surface area contributed by atoms with Crippen LogP contribution in [0, 0.1) is 17.7 Å². The molecular formula is C19H22F6O. The molecule has 1 aliphatic rings. The van der Waals surface area contributed by atoms with E-state index in [1.165, 1.54) is 0 Å². The molecule has 7 heteroatoms. The van der Waals surface area contributed by atoms with Gasteiger partial charge in [0.05, 0.1) is 12.2 Å². The second-order valence-corrected chi connectivity index (χ2v) is 6.75. The van der Waals surface area contributed by atoms with Crippen LogP contribution >= 0.6 is 0 Å². The van der Waals surface area contributed by atoms with Crippen LogP contribution in [0.15, 0.2) is 30.4 Å². The van der Waals surface area contributed by atoms with Crippen molar-refractivity contribution in [3.8, 4) is 0 Å². The molecule has 0 aliphatic heterocycles. The predicted octanol–water partition coefficient (Wildman–Crippen LogP) is 6.73. The Hall–Kier alpha value is -1.50. The summed E-state index contributed by atoms with van der Waals surface area (Å²) in [5, 5.41) is 0. The maximum atomic E-state index is 14.0. The van der Waals surface area contributed by atoms with Crippen LogP contribution in [0.4, 0.5) is 26.3 Å². The minimum atomic E-state index is -4.82. The van der Waals surface area contributed by atoms with E-state index in [-0.39, 0.29) is 11.5 Å². The molecule has 0 saturated heterocycles. The molecule has 0 amide bonds. The fourth-order valence-electron chi connectivity index (χ4n) is 3.32. The quantitative estimate of drug-likeness (QED) is 0.393. The molecule has 0 spiro atoms. The number of hydrogen-bond acceptors (Lipinski definition) is 1. The summed E-state index contributed by atoms with van der Waals surface area (Å²) >= 11 is 0. The van der Waals surface area contributed by atoms with E-state index in [1.807, 2.05) is 13.0 Å². The molecule has 26 heavy (non-hydrogen) atoms. The van der Waals surface area contributed by atoms with Crippen LogP contribution in [0.25, 0.3) is 0 Å². The van der Waals surface area contributed by atoms with Crippen molar-refractivity contribution in [2.45, 2.75) is 57.9 Å². The Bertz CT molecular complexity index is 615. The lowest BCUT2D eigenvalue weighted by Gasteiger charge is -2.29. The first kappa shape index (κ1) is 20.8. The van der Waals surface area contributed by atoms with E-state index in [9.17, 15) is 26.3 Å². The van der Waals surface area contributed by atoms with Crippen LogP contribution in [0.1, 0.15) is 50.2 Å². The third kappa shape index (κ3) is 6.04. The molecule has 1 aliphatic carbocycles. The van der Waals surface area contributed by atoms with Crippen LogP contribution in [0.3, 0.4) is 0 Å². The van der Waals surface area contributed by atoms with Crippen molar-refractivity contribution >= 4 is 0 Å². The molecule has 1 saturated carbocycles. The lowest BCUT2D eigenvalue weighted by atomic mass is 9.80. The minimum Gasteiger partial charge on any atom is -0.316 e. The van der Waals surface area contributed by atoms with Crippen molar-refractivity contribution in [2.75, 3.05) is 0 Å². The maximum Gasteiger partial charge on any atom is 0.419 e. The summed E-state index contributed by atoms with van der Waals surface area (Å²) in [5.41, 5.74) is -1.49. The maximum absolute atomic E-state index is 14.0. The third-order valence-corrected chi connectivity index (χ3v) is 4.67. The summed E-state index contributed by atoms with van der Waals surface area (Å²) < 4.78 is 83.5. The van der Waals surface area contributed by atoms with Gasteiger partial charge in [-0.25, -0.2) is 4.39 Å². The molecule has 2 rings (SSSR count). The summed E-state index contributed by atoms with van der Waals surface area (Å²) in [6, 6.07) is 2.07. The van der Waals surface area contributed by atoms with Gasteiger partial charge >= 0.3 is 12.3 Å². The molecule has 1 nitrogen and oxygen atoms in total. The zero-order valence-electron chi connectivity index (χ0n) is 14.5. The first-order valence-corrected chi connectivity index (χ1v) is 8.61. The highest BCUT2D eigenvalue weighted by atomic mass is 19.4. The predicted molar refractivity (Wildman–Crippen MR) is 86.0 cm³/mol. The van der Waals surface area contributed by atoms with Gasteiger partial charge in [0, 0.05) is 6.42 Å². The number of alkyl halides is 5. The van der Waals surface area contributed by atoms with Gasteiger partial charge in [0.2, 0.25) is 0 Å². The van der Waals surface area contributed by atoms with Gasteiger partial charge in [-0.15, -0.1) is 0 Å². The van der Waals surface area contributed by atoms with E-state index in [0.29, 0.717) is 30.9 Å². The summed E-state index contributed by atoms with van der Waals surface area (Å²) in [6.07, 6.45) is -1.51. The third-order valence-electron chi connectivity index (χ3n) is 4.67. The number of benzene rings is 1. The molecular weight excluding hydrogens is 358 g/mol. The monoisotopic (exact) mass is 380 g/mol. The number of allylic oxidation sites excluding steroid dienone is 2. The van der Waals surface area contributed by atoms with Gasteiger partial charge in [-0.1, -0.05) is 18.2 Å². The van der Waals surface area contributed by atoms with Crippen LogP contribution in [0.5, 0.6) is 0 Å². The zero-order valence-corrected chi connectivity index (χ0v) is 14.5. The van der Waals surface area contributed by atoms with Crippen molar-refractivity contribution in [3.05, 3.63) is 47.3 Å². The molecule has 0 atom stereocenters. The molecule has 0 radical (unpaired) electrons. The Morgan fingerprint density at radius 3 is 2.27 bits per heavy atom. The number of halogens is 6. The standard InChI is InChI=1S/C19H22F6O/c1-2-3-13-4-6-14(7-5-13)11-18(21,22)26-12-15-8-9-16(17(20)10-15)19(23,24)25/h2-3,8-10,13-14H,4-7,11-12H2,1H3. The normalized spacial score (nSPS) is 22.1. The molecule has 0 heterocycles. The van der Waals surface area contributed by atoms with Gasteiger partial charge in [0.25, 0.3) is 0 Å². The van der Waals surface area contributed by atoms with Gasteiger partial charge in [-0.2, -0.15) is 22.0 Å². The summed E-state index contributed by atoms with van der Waals surface area (Å²) in [7, 11) is 0. The minimum absolute atomic E-state index is 0.0630. The Kier molecular flexibility index (Phi) is 6.77. The van der Waals surface area contributed by atoms with Crippen molar-refractivity contribution in [3.63, 3.8) is 0 Å². The van der Waals surface area contributed by atoms with Gasteiger partial charge in [0.1, 0.15) is 5.82 Å². The lowest BCUT2D eigenvalue weighted by molar-refractivity contribution is -0.256. The molecule has 146 valence electrons. The topological polar surface area (TPSA) is 9.23 Å². The average molecular weight is 380 g/mol. The second-order valence-electron chi connectivity index (χ2n) is 6.75. The largest absolute Gasteiger partial charge is 0.419 e. The van der Waals surface area contributed by atoms with E-state index >= 15 is 0 Å². The SMILES string of the molecule is CC=CC1CCC(CC(F)(F)OCc2ccc(C(F)(F)F)c(F)c2)CC1. The Morgan fingerprint density at radius 1 is 1.08 bits per heavy atom. The lowest BCUT2D eigenvalue weighted by Crippen LogP contribution is -2.27. The van der Waals surface area contributed by atoms with Crippen molar-refractivity contribution in [1.29, 1.82) is 0 Å². The molecule has 0 unspecified atom stereocenters. The first-order valence-electron chi connectivity index (χ1n) is 8.61. The Labute approximate surface area is 149 Å². The summed E-state index contributed by atoms with van der Waals surface area (Å²) in [6.45, 7) is 1.29. The van der Waals surface area contributed by atoms with Gasteiger partial charge in [-0.05, 0) is 62.1 Å². The fourth-order valence-corrected chi connectivity index (χ4v) is 3.32. The highest BCUT2D eigenvalue weighted by Crippen LogP contribution is 2.37. The zero-order chi connectivity index (χ0) is 19.4. The first-order chi connectivity index (χ1) is 12.1. The van der Waals surface area contributed by atoms with Gasteiger partial charge in [-0.3, -0.25) is 0 Å². The smallest absolute Gasteiger partial charge is 0.316 e. The van der Waals surface area contributed by atoms with Gasteiger partial charge in [0.15, 0.2) is 0 Å². The fraction of sp³-hybridized carbons (Fsp3) is 0.579. The molecule has 1 aromatic rings. The van der Waals surface area contributed by atoms with Crippen LogP contribution < -0.4 is 0 Å². The summed E-state index contributed by atoms with van der Waals surface area (Å²) in [5.74, 6) is -1.22. The van der Waals surface area contributed by atoms with Crippen LogP contribution in [-0.4, -0.2) is 6.11 Å². The number of ether oxygens (including phenoxy) is 1. The molecule has 0 N–H and O–H groups in total. The Morgan fingerprint density at radius 2 is 1.73 bits per heavy atom. The van der Waals surface area contributed by atoms with E-state index < -0.39 is 36.7 Å². The van der Waals surface area contributed by atoms with E-state index in [4.69, 9.17) is 0 Å². The van der Waals surface area contributed by atoms with E-state index in [2.05, 4.69) is 10.8 Å². The van der Waals surface area contributed by atoms with E-state index in [0.717, 1.165) is 18.9 Å². The van der Waals surface area contributed by atoms with Crippen LogP contribution in [0.2, 0.25) is 0 Å². The Balaban J connectivity index is 1.87. The number of hydrogen-bond donors (Lipinski definition) is 0. The van der Waals surface area contributed by atoms with E-state index in [1.54, 1.807) is 0 Å². The average Bonchev–Trinajstić information content (AvgIpc) is 2.54. The van der Waals surface area contributed by atoms with Gasteiger partial charge < -0.3 is 4.74 Å². The molecule has 0 aromatic heterocycles. The molecule has 0 bridgehead atoms. The summed E-state index contributed by atoms with van der Waals surface area (Å²) in [4.78, 5) is 0. The molecule has 1 aromatic carbocycles. The van der Waals surface area contributed by atoms with Crippen molar-refractivity contribution in [2.24, 2.45) is 11.8 Å².